The molecule has 2 unspecified atom stereocenters. The number of ether oxygens (including phenoxy) is 1. The number of nitrogens with one attached hydrogen (secondary N) is 1. The van der Waals surface area contributed by atoms with Gasteiger partial charge in [0.25, 0.3) is 11.8 Å². The second-order valence-electron chi connectivity index (χ2n) is 7.27. The van der Waals surface area contributed by atoms with Crippen LogP contribution in [0.4, 0.5) is 13.2 Å². The zero-order valence-corrected chi connectivity index (χ0v) is 16.3. The molecule has 1 saturated heterocycles. The van der Waals surface area contributed by atoms with E-state index in [0.717, 1.165) is 6.20 Å². The first-order valence-corrected chi connectivity index (χ1v) is 9.53. The summed E-state index contributed by atoms with van der Waals surface area (Å²) in [6, 6.07) is 0.188. The molecule has 4 rings (SSSR count). The molecule has 2 N–H and O–H groups in total. The SMILES string of the molecule is CCN1C(=O)c2c(O)c(=O)c(C(=O)NCc3c(F)cc(F)cc3F)cn2C2COCC21. The third kappa shape index (κ3) is 3.34. The fraction of sp³-hybridized carbons (Fsp3) is 0.350. The van der Waals surface area contributed by atoms with Crippen molar-refractivity contribution in [2.24, 2.45) is 0 Å². The summed E-state index contributed by atoms with van der Waals surface area (Å²) in [6.45, 7) is 1.91. The fourth-order valence-corrected chi connectivity index (χ4v) is 4.02. The summed E-state index contributed by atoms with van der Waals surface area (Å²) in [7, 11) is 0. The van der Waals surface area contributed by atoms with Gasteiger partial charge in [-0.15, -0.1) is 0 Å². The summed E-state index contributed by atoms with van der Waals surface area (Å²) < 4.78 is 47.4. The van der Waals surface area contributed by atoms with E-state index in [0.29, 0.717) is 18.7 Å². The molecule has 0 bridgehead atoms. The number of hydrogen-bond donors (Lipinski definition) is 2. The fourth-order valence-electron chi connectivity index (χ4n) is 4.02. The maximum Gasteiger partial charge on any atom is 0.274 e. The Hall–Kier alpha value is -3.34. The van der Waals surface area contributed by atoms with Crippen LogP contribution in [0.25, 0.3) is 0 Å². The largest absolute Gasteiger partial charge is 0.503 e. The Labute approximate surface area is 173 Å². The molecule has 1 aromatic heterocycles. The summed E-state index contributed by atoms with van der Waals surface area (Å²) >= 11 is 0. The van der Waals surface area contributed by atoms with Gasteiger partial charge in [-0.05, 0) is 6.92 Å². The zero-order valence-electron chi connectivity index (χ0n) is 16.3. The molecule has 164 valence electrons. The second kappa shape index (κ2) is 7.73. The van der Waals surface area contributed by atoms with Gasteiger partial charge < -0.3 is 24.6 Å². The van der Waals surface area contributed by atoms with Crippen molar-refractivity contribution in [3.63, 3.8) is 0 Å². The first-order chi connectivity index (χ1) is 14.7. The summed E-state index contributed by atoms with van der Waals surface area (Å²) in [5.41, 5.74) is -2.43. The summed E-state index contributed by atoms with van der Waals surface area (Å²) in [5.74, 6) is -5.97. The van der Waals surface area contributed by atoms with Crippen LogP contribution in [0.15, 0.2) is 23.1 Å². The minimum Gasteiger partial charge on any atom is -0.503 e. The molecule has 0 saturated carbocycles. The van der Waals surface area contributed by atoms with Gasteiger partial charge in [-0.1, -0.05) is 0 Å². The Kier molecular flexibility index (Phi) is 5.21. The third-order valence-electron chi connectivity index (χ3n) is 5.57. The van der Waals surface area contributed by atoms with E-state index in [1.54, 1.807) is 6.92 Å². The normalized spacial score (nSPS) is 19.9. The smallest absolute Gasteiger partial charge is 0.274 e. The lowest BCUT2D eigenvalue weighted by Gasteiger charge is -2.38. The number of carbonyl (C=O) groups is 2. The highest BCUT2D eigenvalue weighted by atomic mass is 19.1. The maximum absolute atomic E-state index is 13.8. The van der Waals surface area contributed by atoms with Gasteiger partial charge in [0, 0.05) is 37.0 Å². The minimum absolute atomic E-state index is 0.205. The highest BCUT2D eigenvalue weighted by Gasteiger charge is 2.44. The molecule has 3 heterocycles. The van der Waals surface area contributed by atoms with Gasteiger partial charge in [0.1, 0.15) is 23.0 Å². The number of aromatic nitrogens is 1. The molecule has 2 atom stereocenters. The van der Waals surface area contributed by atoms with Crippen molar-refractivity contribution in [2.45, 2.75) is 25.6 Å². The maximum atomic E-state index is 13.8. The number of hydrogen-bond acceptors (Lipinski definition) is 5. The van der Waals surface area contributed by atoms with Gasteiger partial charge in [-0.3, -0.25) is 14.4 Å². The second-order valence-corrected chi connectivity index (χ2v) is 7.27. The van der Waals surface area contributed by atoms with E-state index < -0.39 is 64.2 Å². The number of amides is 2. The Bertz CT molecular complexity index is 1130. The van der Waals surface area contributed by atoms with Crippen molar-refractivity contribution in [3.8, 4) is 5.75 Å². The summed E-state index contributed by atoms with van der Waals surface area (Å²) in [5, 5.41) is 12.6. The minimum atomic E-state index is -1.20. The van der Waals surface area contributed by atoms with Gasteiger partial charge in [0.05, 0.1) is 25.3 Å². The van der Waals surface area contributed by atoms with Crippen molar-refractivity contribution < 1.29 is 32.6 Å². The van der Waals surface area contributed by atoms with E-state index in [4.69, 9.17) is 4.74 Å². The molecule has 11 heteroatoms. The quantitative estimate of drug-likeness (QED) is 0.752. The van der Waals surface area contributed by atoms with E-state index in [1.807, 2.05) is 0 Å². The molecule has 1 aromatic carbocycles. The van der Waals surface area contributed by atoms with E-state index >= 15 is 0 Å². The molecule has 0 spiro atoms. The molecule has 8 nitrogen and oxygen atoms in total. The number of benzene rings is 1. The molecule has 0 aliphatic carbocycles. The molecular weight excluding hydrogens is 419 g/mol. The zero-order chi connectivity index (χ0) is 22.4. The van der Waals surface area contributed by atoms with E-state index in [-0.39, 0.29) is 24.9 Å². The number of likely N-dealkylation sites (N-methyl/N-ethyl adjacent to an activating group) is 1. The van der Waals surface area contributed by atoms with Crippen LogP contribution in [0.5, 0.6) is 5.75 Å². The van der Waals surface area contributed by atoms with Crippen LogP contribution in [-0.4, -0.2) is 52.2 Å². The number of rotatable bonds is 4. The molecule has 2 aliphatic rings. The average Bonchev–Trinajstić information content (AvgIpc) is 3.19. The predicted molar refractivity (Wildman–Crippen MR) is 100 cm³/mol. The molecular formula is C20H18F3N3O5. The highest BCUT2D eigenvalue weighted by Crippen LogP contribution is 2.34. The monoisotopic (exact) mass is 437 g/mol. The van der Waals surface area contributed by atoms with Gasteiger partial charge in [-0.25, -0.2) is 13.2 Å². The molecule has 2 amide bonds. The van der Waals surface area contributed by atoms with Crippen molar-refractivity contribution in [1.82, 2.24) is 14.8 Å². The average molecular weight is 437 g/mol. The topological polar surface area (TPSA) is 101 Å². The Morgan fingerprint density at radius 1 is 1.19 bits per heavy atom. The highest BCUT2D eigenvalue weighted by molar-refractivity contribution is 5.99. The van der Waals surface area contributed by atoms with Crippen molar-refractivity contribution >= 4 is 11.8 Å². The standard InChI is InChI=1S/C20H18F3N3O5/c1-2-25-14-7-31-8-15(14)26-6-11(17(27)18(28)16(26)20(25)30)19(29)24-5-10-12(22)3-9(21)4-13(10)23/h3-4,6,14-15,28H,2,5,7-8H2,1H3,(H,24,29). The van der Waals surface area contributed by atoms with Gasteiger partial charge in [0.15, 0.2) is 11.4 Å². The first kappa shape index (κ1) is 20.9. The molecule has 0 radical (unpaired) electrons. The third-order valence-corrected chi connectivity index (χ3v) is 5.57. The van der Waals surface area contributed by atoms with Gasteiger partial charge >= 0.3 is 0 Å². The number of nitrogens with zero attached hydrogens (tertiary/aromatic N) is 2. The van der Waals surface area contributed by atoms with Crippen LogP contribution >= 0.6 is 0 Å². The number of carbonyl (C=O) groups excluding carboxylic acids is 2. The van der Waals surface area contributed by atoms with Crippen LogP contribution in [0.2, 0.25) is 0 Å². The van der Waals surface area contributed by atoms with Crippen LogP contribution in [0, 0.1) is 17.5 Å². The Morgan fingerprint density at radius 3 is 2.48 bits per heavy atom. The van der Waals surface area contributed by atoms with E-state index in [1.165, 1.54) is 9.47 Å². The molecule has 2 aliphatic heterocycles. The number of aromatic hydroxyl groups is 1. The Balaban J connectivity index is 1.69. The van der Waals surface area contributed by atoms with Crippen molar-refractivity contribution in [3.05, 3.63) is 62.8 Å². The lowest BCUT2D eigenvalue weighted by Crippen LogP contribution is -2.51. The summed E-state index contributed by atoms with van der Waals surface area (Å²) in [4.78, 5) is 39.4. The molecule has 1 fully saturated rings. The lowest BCUT2D eigenvalue weighted by molar-refractivity contribution is 0.0569. The Morgan fingerprint density at radius 2 is 1.84 bits per heavy atom. The van der Waals surface area contributed by atoms with Crippen LogP contribution in [0.1, 0.15) is 39.4 Å². The molecule has 2 aromatic rings. The van der Waals surface area contributed by atoms with Crippen LogP contribution in [-0.2, 0) is 11.3 Å². The number of fused-ring (bicyclic) bond motifs is 3. The van der Waals surface area contributed by atoms with E-state index in [9.17, 15) is 32.7 Å². The molecule has 31 heavy (non-hydrogen) atoms. The first-order valence-electron chi connectivity index (χ1n) is 9.53. The van der Waals surface area contributed by atoms with Gasteiger partial charge in [-0.2, -0.15) is 0 Å². The van der Waals surface area contributed by atoms with Crippen LogP contribution in [0.3, 0.4) is 0 Å². The predicted octanol–water partition coefficient (Wildman–Crippen LogP) is 1.32. The van der Waals surface area contributed by atoms with Crippen molar-refractivity contribution in [1.29, 1.82) is 0 Å². The van der Waals surface area contributed by atoms with Crippen molar-refractivity contribution in [2.75, 3.05) is 19.8 Å². The van der Waals surface area contributed by atoms with Gasteiger partial charge in [0.2, 0.25) is 5.43 Å². The number of halogens is 3. The lowest BCUT2D eigenvalue weighted by atomic mass is 10.0. The number of pyridine rings is 1. The van der Waals surface area contributed by atoms with Crippen LogP contribution < -0.4 is 10.7 Å². The van der Waals surface area contributed by atoms with E-state index in [2.05, 4.69) is 5.32 Å². The summed E-state index contributed by atoms with van der Waals surface area (Å²) in [6.07, 6.45) is 1.14.